The molecule has 3 rings (SSSR count). The Hall–Kier alpha value is -0.500. The Morgan fingerprint density at radius 3 is 2.88 bits per heavy atom. The summed E-state index contributed by atoms with van der Waals surface area (Å²) < 4.78 is 6.37. The molecule has 0 N–H and O–H groups in total. The molecular weight excluding hydrogens is 276 g/mol. The second-order valence-electron chi connectivity index (χ2n) is 5.94. The number of aryl methyl sites for hydroxylation is 1. The lowest BCUT2D eigenvalue weighted by Gasteiger charge is -2.45. The van der Waals surface area contributed by atoms with E-state index in [2.05, 4.69) is 54.9 Å². The molecule has 1 nitrogen and oxygen atoms in total. The van der Waals surface area contributed by atoms with Gasteiger partial charge in [0.25, 0.3) is 0 Å². The van der Waals surface area contributed by atoms with Crippen LogP contribution in [0.2, 0.25) is 0 Å². The third kappa shape index (κ3) is 1.36. The van der Waals surface area contributed by atoms with Crippen molar-refractivity contribution in [3.8, 4) is 5.75 Å². The van der Waals surface area contributed by atoms with Crippen LogP contribution in [0.4, 0.5) is 0 Å². The van der Waals surface area contributed by atoms with E-state index < -0.39 is 0 Å². The van der Waals surface area contributed by atoms with Crippen molar-refractivity contribution in [2.45, 2.75) is 44.6 Å². The standard InChI is InChI=1S/C15H19BrO/c1-10-4-5-12-13(8-10)17-15(9-16)7-6-14(12,3)11(15)2/h4-5,8,11H,6-7,9H2,1-3H3/t11-,14-,15-/m0/s1. The largest absolute Gasteiger partial charge is 0.486 e. The van der Waals surface area contributed by atoms with Crippen molar-refractivity contribution >= 4 is 15.9 Å². The molecule has 2 heteroatoms. The van der Waals surface area contributed by atoms with Crippen molar-refractivity contribution in [2.24, 2.45) is 5.92 Å². The van der Waals surface area contributed by atoms with Crippen LogP contribution in [0.3, 0.4) is 0 Å². The van der Waals surface area contributed by atoms with Crippen molar-refractivity contribution in [1.29, 1.82) is 0 Å². The van der Waals surface area contributed by atoms with E-state index in [1.54, 1.807) is 0 Å². The monoisotopic (exact) mass is 294 g/mol. The van der Waals surface area contributed by atoms with E-state index >= 15 is 0 Å². The lowest BCUT2D eigenvalue weighted by atomic mass is 9.70. The van der Waals surface area contributed by atoms with Crippen LogP contribution in [0, 0.1) is 12.8 Å². The second kappa shape index (κ2) is 3.50. The normalized spacial score (nSPS) is 38.7. The number of ether oxygens (including phenoxy) is 1. The van der Waals surface area contributed by atoms with Crippen molar-refractivity contribution in [3.05, 3.63) is 29.3 Å². The van der Waals surface area contributed by atoms with Gasteiger partial charge >= 0.3 is 0 Å². The Kier molecular flexibility index (Phi) is 2.39. The van der Waals surface area contributed by atoms with Gasteiger partial charge in [-0.2, -0.15) is 0 Å². The molecule has 0 aromatic heterocycles. The van der Waals surface area contributed by atoms with Gasteiger partial charge in [0.05, 0.1) is 0 Å². The van der Waals surface area contributed by atoms with Crippen LogP contribution in [0.5, 0.6) is 5.75 Å². The van der Waals surface area contributed by atoms with Gasteiger partial charge in [0, 0.05) is 22.2 Å². The maximum absolute atomic E-state index is 6.37. The maximum Gasteiger partial charge on any atom is 0.124 e. The molecule has 1 heterocycles. The summed E-state index contributed by atoms with van der Waals surface area (Å²) >= 11 is 3.66. The van der Waals surface area contributed by atoms with Gasteiger partial charge < -0.3 is 4.74 Å². The Morgan fingerprint density at radius 1 is 1.41 bits per heavy atom. The van der Waals surface area contributed by atoms with E-state index in [0.717, 1.165) is 17.5 Å². The lowest BCUT2D eigenvalue weighted by molar-refractivity contribution is 0.0272. The van der Waals surface area contributed by atoms with Gasteiger partial charge in [-0.05, 0) is 31.4 Å². The third-order valence-corrected chi connectivity index (χ3v) is 6.05. The maximum atomic E-state index is 6.37. The highest BCUT2D eigenvalue weighted by Gasteiger charge is 2.58. The smallest absolute Gasteiger partial charge is 0.124 e. The van der Waals surface area contributed by atoms with Crippen LogP contribution in [-0.4, -0.2) is 10.9 Å². The quantitative estimate of drug-likeness (QED) is 0.705. The molecule has 0 saturated heterocycles. The summed E-state index contributed by atoms with van der Waals surface area (Å²) in [4.78, 5) is 0. The van der Waals surface area contributed by atoms with Gasteiger partial charge in [-0.25, -0.2) is 0 Å². The minimum Gasteiger partial charge on any atom is -0.486 e. The first kappa shape index (κ1) is 11.6. The van der Waals surface area contributed by atoms with Gasteiger partial charge in [0.2, 0.25) is 0 Å². The molecule has 2 aliphatic rings. The molecule has 1 aliphatic carbocycles. The van der Waals surface area contributed by atoms with Crippen molar-refractivity contribution in [2.75, 3.05) is 5.33 Å². The number of hydrogen-bond acceptors (Lipinski definition) is 1. The summed E-state index contributed by atoms with van der Waals surface area (Å²) in [5, 5.41) is 0.935. The molecule has 3 atom stereocenters. The third-order valence-electron chi connectivity index (χ3n) is 5.10. The van der Waals surface area contributed by atoms with E-state index in [0.29, 0.717) is 5.92 Å². The van der Waals surface area contributed by atoms with Crippen LogP contribution in [0.25, 0.3) is 0 Å². The molecule has 0 amide bonds. The molecule has 0 spiro atoms. The van der Waals surface area contributed by atoms with E-state index in [4.69, 9.17) is 4.74 Å². The molecule has 1 aromatic carbocycles. The first-order chi connectivity index (χ1) is 8.02. The number of halogens is 1. The summed E-state index contributed by atoms with van der Waals surface area (Å²) in [7, 11) is 0. The predicted octanol–water partition coefficient (Wildman–Crippen LogP) is 4.21. The molecule has 1 saturated carbocycles. The van der Waals surface area contributed by atoms with Gasteiger partial charge in [0.1, 0.15) is 11.4 Å². The molecule has 1 aromatic rings. The zero-order valence-corrected chi connectivity index (χ0v) is 12.3. The summed E-state index contributed by atoms with van der Waals surface area (Å²) in [6.07, 6.45) is 2.39. The minimum atomic E-state index is 0.00947. The van der Waals surface area contributed by atoms with Crippen molar-refractivity contribution < 1.29 is 4.74 Å². The van der Waals surface area contributed by atoms with Crippen LogP contribution in [-0.2, 0) is 5.41 Å². The molecule has 1 fully saturated rings. The molecule has 17 heavy (non-hydrogen) atoms. The van der Waals surface area contributed by atoms with Crippen molar-refractivity contribution in [3.63, 3.8) is 0 Å². The Labute approximate surface area is 112 Å². The van der Waals surface area contributed by atoms with E-state index in [-0.39, 0.29) is 11.0 Å². The fraction of sp³-hybridized carbons (Fsp3) is 0.600. The molecule has 0 radical (unpaired) electrons. The Bertz CT molecular complexity index is 470. The van der Waals surface area contributed by atoms with E-state index in [1.807, 2.05) is 0 Å². The molecule has 92 valence electrons. The molecule has 0 unspecified atom stereocenters. The zero-order valence-electron chi connectivity index (χ0n) is 10.7. The lowest BCUT2D eigenvalue weighted by Crippen LogP contribution is -2.49. The van der Waals surface area contributed by atoms with Crippen LogP contribution < -0.4 is 4.74 Å². The highest BCUT2D eigenvalue weighted by atomic mass is 79.9. The summed E-state index contributed by atoms with van der Waals surface area (Å²) in [5.41, 5.74) is 2.99. The molecule has 2 bridgehead atoms. The number of benzene rings is 1. The average molecular weight is 295 g/mol. The number of alkyl halides is 1. The molecule has 1 aliphatic heterocycles. The van der Waals surface area contributed by atoms with Gasteiger partial charge in [0.15, 0.2) is 0 Å². The van der Waals surface area contributed by atoms with Crippen LogP contribution >= 0.6 is 15.9 Å². The summed E-state index contributed by atoms with van der Waals surface area (Å²) in [6, 6.07) is 6.67. The number of fused-ring (bicyclic) bond motifs is 4. The fourth-order valence-electron chi connectivity index (χ4n) is 3.61. The van der Waals surface area contributed by atoms with E-state index in [1.165, 1.54) is 17.5 Å². The number of rotatable bonds is 1. The van der Waals surface area contributed by atoms with Gasteiger partial charge in [-0.15, -0.1) is 0 Å². The SMILES string of the molecule is Cc1ccc2c(c1)O[C@]1(CBr)CC[C@@]2(C)[C@@H]1C. The summed E-state index contributed by atoms with van der Waals surface area (Å²) in [6.45, 7) is 6.88. The zero-order chi connectivity index (χ0) is 12.3. The predicted molar refractivity (Wildman–Crippen MR) is 74.1 cm³/mol. The van der Waals surface area contributed by atoms with Crippen LogP contribution in [0.1, 0.15) is 37.8 Å². The average Bonchev–Trinajstić information content (AvgIpc) is 2.49. The summed E-state index contributed by atoms with van der Waals surface area (Å²) in [5.74, 6) is 1.69. The van der Waals surface area contributed by atoms with Gasteiger partial charge in [-0.1, -0.05) is 41.9 Å². The van der Waals surface area contributed by atoms with E-state index in [9.17, 15) is 0 Å². The van der Waals surface area contributed by atoms with Crippen molar-refractivity contribution in [1.82, 2.24) is 0 Å². The minimum absolute atomic E-state index is 0.00947. The van der Waals surface area contributed by atoms with Crippen LogP contribution in [0.15, 0.2) is 18.2 Å². The topological polar surface area (TPSA) is 9.23 Å². The highest BCUT2D eigenvalue weighted by molar-refractivity contribution is 9.09. The Morgan fingerprint density at radius 2 is 2.18 bits per heavy atom. The fourth-order valence-corrected chi connectivity index (χ4v) is 4.49. The second-order valence-corrected chi connectivity index (χ2v) is 6.50. The highest BCUT2D eigenvalue weighted by Crippen LogP contribution is 2.58. The van der Waals surface area contributed by atoms with Gasteiger partial charge in [-0.3, -0.25) is 0 Å². The molecular formula is C15H19BrO. The first-order valence-corrected chi connectivity index (χ1v) is 7.50. The Balaban J connectivity index is 2.20. The first-order valence-electron chi connectivity index (χ1n) is 6.38. The number of hydrogen-bond donors (Lipinski definition) is 0.